The standard InChI is InChI=1S/C23H34BN3O6/c28-21(26-20-15-17-2-1-3-19(23(29)30)22(17)33-24(20)31)14-16-4-6-18(7-5-16)25-8-9-27-10-12-32-13-11-27/h1-3,16,18,20,25,31H,4-15H2,(H,26,28)(H,29,30). The van der Waals surface area contributed by atoms with E-state index < -0.39 is 19.0 Å². The molecular formula is C23H34BN3O6. The number of nitrogens with one attached hydrogen (secondary N) is 2. The molecule has 1 atom stereocenters. The van der Waals surface area contributed by atoms with Gasteiger partial charge in [-0.25, -0.2) is 4.79 Å². The Labute approximate surface area is 195 Å². The molecule has 0 spiro atoms. The molecule has 2 heterocycles. The Bertz CT molecular complexity index is 826. The van der Waals surface area contributed by atoms with Crippen molar-refractivity contribution in [2.45, 2.75) is 50.5 Å². The van der Waals surface area contributed by atoms with Crippen LogP contribution in [-0.2, 0) is 16.0 Å². The number of carboxylic acids is 1. The molecule has 1 aromatic carbocycles. The van der Waals surface area contributed by atoms with Crippen LogP contribution in [0.3, 0.4) is 0 Å². The minimum absolute atomic E-state index is 0.0200. The molecule has 0 radical (unpaired) electrons. The van der Waals surface area contributed by atoms with Crippen LogP contribution in [0.1, 0.15) is 48.0 Å². The molecule has 3 aliphatic rings. The van der Waals surface area contributed by atoms with E-state index in [2.05, 4.69) is 15.5 Å². The lowest BCUT2D eigenvalue weighted by molar-refractivity contribution is -0.122. The number of rotatable bonds is 8. The lowest BCUT2D eigenvalue weighted by Gasteiger charge is -2.32. The summed E-state index contributed by atoms with van der Waals surface area (Å²) >= 11 is 0. The molecule has 1 amide bonds. The van der Waals surface area contributed by atoms with E-state index in [1.165, 1.54) is 6.07 Å². The van der Waals surface area contributed by atoms with Gasteiger partial charge in [0.15, 0.2) is 0 Å². The zero-order valence-electron chi connectivity index (χ0n) is 19.0. The highest BCUT2D eigenvalue weighted by Gasteiger charge is 2.38. The predicted molar refractivity (Wildman–Crippen MR) is 123 cm³/mol. The third kappa shape index (κ3) is 6.47. The van der Waals surface area contributed by atoms with Crippen molar-refractivity contribution >= 4 is 19.0 Å². The molecular weight excluding hydrogens is 425 g/mol. The topological polar surface area (TPSA) is 120 Å². The van der Waals surface area contributed by atoms with Crippen molar-refractivity contribution < 1.29 is 29.1 Å². The van der Waals surface area contributed by atoms with E-state index in [0.717, 1.165) is 65.1 Å². The maximum absolute atomic E-state index is 12.6. The summed E-state index contributed by atoms with van der Waals surface area (Å²) in [6.45, 7) is 5.71. The molecule has 4 N–H and O–H groups in total. The van der Waals surface area contributed by atoms with Crippen molar-refractivity contribution in [2.24, 2.45) is 5.92 Å². The Kier molecular flexibility index (Phi) is 8.24. The van der Waals surface area contributed by atoms with Crippen LogP contribution in [0.5, 0.6) is 5.75 Å². The fourth-order valence-electron chi connectivity index (χ4n) is 5.07. The number of carbonyl (C=O) groups excluding carboxylic acids is 1. The van der Waals surface area contributed by atoms with Gasteiger partial charge in [-0.2, -0.15) is 0 Å². The fourth-order valence-corrected chi connectivity index (χ4v) is 5.07. The molecule has 9 nitrogen and oxygen atoms in total. The number of fused-ring (bicyclic) bond motifs is 1. The van der Waals surface area contributed by atoms with Crippen LogP contribution >= 0.6 is 0 Å². The van der Waals surface area contributed by atoms with E-state index in [1.54, 1.807) is 12.1 Å². The third-order valence-corrected chi connectivity index (χ3v) is 6.98. The maximum atomic E-state index is 12.6. The first-order valence-electron chi connectivity index (χ1n) is 12.0. The molecule has 0 aromatic heterocycles. The van der Waals surface area contributed by atoms with Crippen molar-refractivity contribution in [3.05, 3.63) is 29.3 Å². The summed E-state index contributed by atoms with van der Waals surface area (Å²) in [5.74, 6) is -1.26. The Morgan fingerprint density at radius 1 is 1.15 bits per heavy atom. The average Bonchev–Trinajstić information content (AvgIpc) is 2.81. The molecule has 2 fully saturated rings. The SMILES string of the molecule is O=C(CC1CCC(NCCN2CCOCC2)CC1)NC1Cc2cccc(C(=O)O)c2OB1O. The zero-order valence-corrected chi connectivity index (χ0v) is 19.0. The Morgan fingerprint density at radius 3 is 2.64 bits per heavy atom. The lowest BCUT2D eigenvalue weighted by atomic mass is 9.72. The molecule has 4 rings (SSSR count). The van der Waals surface area contributed by atoms with E-state index in [1.807, 2.05) is 0 Å². The molecule has 1 aliphatic carbocycles. The monoisotopic (exact) mass is 459 g/mol. The van der Waals surface area contributed by atoms with Crippen molar-refractivity contribution in [1.29, 1.82) is 0 Å². The van der Waals surface area contributed by atoms with E-state index in [-0.39, 0.29) is 17.2 Å². The van der Waals surface area contributed by atoms with Gasteiger partial charge in [-0.15, -0.1) is 0 Å². The second kappa shape index (κ2) is 11.3. The van der Waals surface area contributed by atoms with E-state index in [0.29, 0.717) is 30.4 Å². The highest BCUT2D eigenvalue weighted by atomic mass is 16.5. The van der Waals surface area contributed by atoms with Crippen molar-refractivity contribution in [3.63, 3.8) is 0 Å². The van der Waals surface area contributed by atoms with Crippen molar-refractivity contribution in [1.82, 2.24) is 15.5 Å². The number of benzene rings is 1. The van der Waals surface area contributed by atoms with Crippen LogP contribution in [0.2, 0.25) is 0 Å². The number of para-hydroxylation sites is 1. The molecule has 33 heavy (non-hydrogen) atoms. The summed E-state index contributed by atoms with van der Waals surface area (Å²) in [6, 6.07) is 5.37. The van der Waals surface area contributed by atoms with Gasteiger partial charge in [0, 0.05) is 38.6 Å². The minimum atomic E-state index is -1.27. The zero-order chi connectivity index (χ0) is 23.2. The van der Waals surface area contributed by atoms with Gasteiger partial charge in [0.05, 0.1) is 24.7 Å². The predicted octanol–water partition coefficient (Wildman–Crippen LogP) is 0.695. The molecule has 0 bridgehead atoms. The highest BCUT2D eigenvalue weighted by molar-refractivity contribution is 6.47. The number of nitrogens with zero attached hydrogens (tertiary/aromatic N) is 1. The summed E-state index contributed by atoms with van der Waals surface area (Å²) in [6.07, 6.45) is 4.94. The smallest absolute Gasteiger partial charge is 0.534 e. The van der Waals surface area contributed by atoms with Gasteiger partial charge in [0.1, 0.15) is 5.75 Å². The van der Waals surface area contributed by atoms with Gasteiger partial charge < -0.3 is 30.2 Å². The maximum Gasteiger partial charge on any atom is 0.547 e. The first kappa shape index (κ1) is 24.0. The van der Waals surface area contributed by atoms with E-state index >= 15 is 0 Å². The Hall–Kier alpha value is -2.14. The number of hydrogen-bond acceptors (Lipinski definition) is 7. The van der Waals surface area contributed by atoms with Gasteiger partial charge in [-0.3, -0.25) is 9.69 Å². The molecule has 10 heteroatoms. The minimum Gasteiger partial charge on any atom is -0.534 e. The number of carboxylic acid groups (broad SMARTS) is 1. The summed E-state index contributed by atoms with van der Waals surface area (Å²) in [7, 11) is -1.27. The summed E-state index contributed by atoms with van der Waals surface area (Å²) in [5, 5.41) is 26.2. The number of amides is 1. The fraction of sp³-hybridized carbons (Fsp3) is 0.652. The number of hydrogen-bond donors (Lipinski definition) is 4. The Morgan fingerprint density at radius 2 is 1.91 bits per heavy atom. The number of morpholine rings is 1. The molecule has 180 valence electrons. The van der Waals surface area contributed by atoms with Gasteiger partial charge in [-0.1, -0.05) is 12.1 Å². The molecule has 2 aliphatic heterocycles. The van der Waals surface area contributed by atoms with Crippen molar-refractivity contribution in [2.75, 3.05) is 39.4 Å². The second-order valence-corrected chi connectivity index (χ2v) is 9.32. The summed E-state index contributed by atoms with van der Waals surface area (Å²) < 4.78 is 10.8. The van der Waals surface area contributed by atoms with Crippen molar-refractivity contribution in [3.8, 4) is 5.75 Å². The number of ether oxygens (including phenoxy) is 1. The van der Waals surface area contributed by atoms with Crippen LogP contribution in [0.25, 0.3) is 0 Å². The largest absolute Gasteiger partial charge is 0.547 e. The molecule has 1 aromatic rings. The molecule has 1 unspecified atom stereocenters. The van der Waals surface area contributed by atoms with Crippen LogP contribution in [-0.4, -0.2) is 85.4 Å². The second-order valence-electron chi connectivity index (χ2n) is 9.32. The van der Waals surface area contributed by atoms with Gasteiger partial charge in [-0.05, 0) is 49.7 Å². The van der Waals surface area contributed by atoms with Crippen LogP contribution in [0.4, 0.5) is 0 Å². The molecule has 1 saturated carbocycles. The van der Waals surface area contributed by atoms with E-state index in [4.69, 9.17) is 9.39 Å². The summed E-state index contributed by atoms with van der Waals surface area (Å²) in [4.78, 5) is 26.4. The van der Waals surface area contributed by atoms with Gasteiger partial charge >= 0.3 is 13.1 Å². The van der Waals surface area contributed by atoms with Crippen LogP contribution in [0.15, 0.2) is 18.2 Å². The normalized spacial score (nSPS) is 25.7. The lowest BCUT2D eigenvalue weighted by Crippen LogP contribution is -2.53. The van der Waals surface area contributed by atoms with Crippen LogP contribution in [0, 0.1) is 5.92 Å². The highest BCUT2D eigenvalue weighted by Crippen LogP contribution is 2.31. The average molecular weight is 459 g/mol. The van der Waals surface area contributed by atoms with Gasteiger partial charge in [0.25, 0.3) is 0 Å². The quantitative estimate of drug-likeness (QED) is 0.420. The number of aromatic carboxylic acids is 1. The summed E-state index contributed by atoms with van der Waals surface area (Å²) in [5.41, 5.74) is 0.695. The molecule has 1 saturated heterocycles. The number of carbonyl (C=O) groups is 2. The first-order chi connectivity index (χ1) is 16.0. The Balaban J connectivity index is 1.18. The first-order valence-corrected chi connectivity index (χ1v) is 12.0. The van der Waals surface area contributed by atoms with E-state index in [9.17, 15) is 19.7 Å². The van der Waals surface area contributed by atoms with Gasteiger partial charge in [0.2, 0.25) is 5.91 Å². The third-order valence-electron chi connectivity index (χ3n) is 6.98. The van der Waals surface area contributed by atoms with Crippen LogP contribution < -0.4 is 15.3 Å².